The molecule has 1 aromatic heterocycles. The molecule has 0 amide bonds. The van der Waals surface area contributed by atoms with Crippen molar-refractivity contribution in [3.8, 4) is 5.69 Å². The SMILES string of the molecule is Cc1ccc(-n2sc3ccccc3c2=O)cc1N. The molecular weight excluding hydrogens is 244 g/mol. The molecule has 0 aliphatic heterocycles. The minimum absolute atomic E-state index is 0.0128. The van der Waals surface area contributed by atoms with Gasteiger partial charge in [-0.3, -0.25) is 4.79 Å². The van der Waals surface area contributed by atoms with E-state index in [0.717, 1.165) is 21.3 Å². The van der Waals surface area contributed by atoms with Gasteiger partial charge in [0, 0.05) is 5.69 Å². The maximum atomic E-state index is 12.3. The quantitative estimate of drug-likeness (QED) is 0.680. The van der Waals surface area contributed by atoms with Crippen molar-refractivity contribution in [3.63, 3.8) is 0 Å². The van der Waals surface area contributed by atoms with Gasteiger partial charge in [0.1, 0.15) is 0 Å². The Kier molecular flexibility index (Phi) is 2.45. The first-order valence-corrected chi connectivity index (χ1v) is 6.42. The standard InChI is InChI=1S/C14H12N2OS/c1-9-6-7-10(8-12(9)15)16-14(17)11-4-2-3-5-13(11)18-16/h2-8H,15H2,1H3. The fourth-order valence-electron chi connectivity index (χ4n) is 1.90. The predicted octanol–water partition coefficient (Wildman–Crippen LogP) is 2.94. The zero-order chi connectivity index (χ0) is 12.7. The molecule has 4 heteroatoms. The van der Waals surface area contributed by atoms with E-state index in [-0.39, 0.29) is 5.56 Å². The van der Waals surface area contributed by atoms with E-state index in [1.807, 2.05) is 49.4 Å². The molecule has 0 atom stereocenters. The van der Waals surface area contributed by atoms with E-state index in [4.69, 9.17) is 5.73 Å². The number of hydrogen-bond acceptors (Lipinski definition) is 3. The first-order valence-electron chi connectivity index (χ1n) is 5.64. The lowest BCUT2D eigenvalue weighted by atomic mass is 10.2. The monoisotopic (exact) mass is 256 g/mol. The number of hydrogen-bond donors (Lipinski definition) is 1. The van der Waals surface area contributed by atoms with Crippen LogP contribution in [0, 0.1) is 6.92 Å². The van der Waals surface area contributed by atoms with Gasteiger partial charge in [-0.2, -0.15) is 0 Å². The molecule has 0 saturated heterocycles. The van der Waals surface area contributed by atoms with Crippen LogP contribution in [0.4, 0.5) is 5.69 Å². The van der Waals surface area contributed by atoms with Crippen molar-refractivity contribution < 1.29 is 0 Å². The minimum Gasteiger partial charge on any atom is -0.398 e. The van der Waals surface area contributed by atoms with Crippen molar-refractivity contribution in [2.24, 2.45) is 0 Å². The maximum Gasteiger partial charge on any atom is 0.273 e. The molecule has 0 bridgehead atoms. The number of nitrogens with two attached hydrogens (primary N) is 1. The molecule has 0 radical (unpaired) electrons. The highest BCUT2D eigenvalue weighted by atomic mass is 32.1. The van der Waals surface area contributed by atoms with E-state index in [9.17, 15) is 4.79 Å². The van der Waals surface area contributed by atoms with E-state index in [1.54, 1.807) is 3.96 Å². The minimum atomic E-state index is 0.0128. The molecule has 0 aliphatic rings. The lowest BCUT2D eigenvalue weighted by Gasteiger charge is -2.04. The summed E-state index contributed by atoms with van der Waals surface area (Å²) in [6.45, 7) is 1.95. The summed E-state index contributed by atoms with van der Waals surface area (Å²) in [5.74, 6) is 0. The van der Waals surface area contributed by atoms with Gasteiger partial charge in [0.15, 0.2) is 0 Å². The van der Waals surface area contributed by atoms with Gasteiger partial charge in [0.05, 0.1) is 15.8 Å². The number of anilines is 1. The van der Waals surface area contributed by atoms with Crippen LogP contribution < -0.4 is 11.3 Å². The topological polar surface area (TPSA) is 48.0 Å². The summed E-state index contributed by atoms with van der Waals surface area (Å²) in [5.41, 5.74) is 8.45. The molecule has 18 heavy (non-hydrogen) atoms. The molecule has 0 unspecified atom stereocenters. The van der Waals surface area contributed by atoms with Gasteiger partial charge in [-0.15, -0.1) is 0 Å². The van der Waals surface area contributed by atoms with Crippen molar-refractivity contribution in [3.05, 3.63) is 58.4 Å². The molecule has 3 rings (SSSR count). The van der Waals surface area contributed by atoms with E-state index < -0.39 is 0 Å². The summed E-state index contributed by atoms with van der Waals surface area (Å²) in [7, 11) is 0. The third-order valence-corrected chi connectivity index (χ3v) is 4.10. The average molecular weight is 256 g/mol. The number of aromatic nitrogens is 1. The molecule has 0 aliphatic carbocycles. The Morgan fingerprint density at radius 1 is 1.17 bits per heavy atom. The zero-order valence-electron chi connectivity index (χ0n) is 9.88. The molecular formula is C14H12N2OS. The number of nitrogen functional groups attached to an aromatic ring is 1. The summed E-state index contributed by atoms with van der Waals surface area (Å²) >= 11 is 1.44. The van der Waals surface area contributed by atoms with Crippen molar-refractivity contribution in [1.82, 2.24) is 3.96 Å². The Hall–Kier alpha value is -2.07. The second-order valence-corrected chi connectivity index (χ2v) is 5.22. The van der Waals surface area contributed by atoms with Crippen LogP contribution in [0.15, 0.2) is 47.3 Å². The normalized spacial score (nSPS) is 10.9. The Morgan fingerprint density at radius 3 is 2.67 bits per heavy atom. The number of rotatable bonds is 1. The molecule has 3 nitrogen and oxygen atoms in total. The summed E-state index contributed by atoms with van der Waals surface area (Å²) < 4.78 is 2.67. The second kappa shape index (κ2) is 3.99. The average Bonchev–Trinajstić information content (AvgIpc) is 2.71. The highest BCUT2D eigenvalue weighted by Gasteiger charge is 2.08. The fraction of sp³-hybridized carbons (Fsp3) is 0.0714. The van der Waals surface area contributed by atoms with Gasteiger partial charge in [0.2, 0.25) is 0 Å². The highest BCUT2D eigenvalue weighted by molar-refractivity contribution is 7.14. The maximum absolute atomic E-state index is 12.3. The Labute approximate surface area is 108 Å². The van der Waals surface area contributed by atoms with Gasteiger partial charge in [-0.25, -0.2) is 3.96 Å². The largest absolute Gasteiger partial charge is 0.398 e. The Bertz CT molecular complexity index is 786. The van der Waals surface area contributed by atoms with E-state index >= 15 is 0 Å². The van der Waals surface area contributed by atoms with Gasteiger partial charge < -0.3 is 5.73 Å². The first kappa shape index (κ1) is 11.0. The Morgan fingerprint density at radius 2 is 1.94 bits per heavy atom. The van der Waals surface area contributed by atoms with E-state index in [2.05, 4.69) is 0 Å². The van der Waals surface area contributed by atoms with Gasteiger partial charge in [-0.05, 0) is 36.8 Å². The molecule has 3 aromatic rings. The smallest absolute Gasteiger partial charge is 0.273 e. The van der Waals surface area contributed by atoms with Crippen LogP contribution in [0.1, 0.15) is 5.56 Å². The van der Waals surface area contributed by atoms with Gasteiger partial charge in [0.25, 0.3) is 5.56 Å². The highest BCUT2D eigenvalue weighted by Crippen LogP contribution is 2.22. The predicted molar refractivity (Wildman–Crippen MR) is 76.6 cm³/mol. The number of fused-ring (bicyclic) bond motifs is 1. The Balaban J connectivity index is 2.28. The van der Waals surface area contributed by atoms with Crippen LogP contribution in [-0.2, 0) is 0 Å². The number of benzene rings is 2. The molecule has 2 N–H and O–H groups in total. The van der Waals surface area contributed by atoms with Gasteiger partial charge >= 0.3 is 0 Å². The fourth-order valence-corrected chi connectivity index (χ4v) is 2.89. The number of nitrogens with zero attached hydrogens (tertiary/aromatic N) is 1. The van der Waals surface area contributed by atoms with Crippen molar-refractivity contribution in [2.75, 3.05) is 5.73 Å². The van der Waals surface area contributed by atoms with Crippen molar-refractivity contribution >= 4 is 27.3 Å². The van der Waals surface area contributed by atoms with Gasteiger partial charge in [-0.1, -0.05) is 29.7 Å². The van der Waals surface area contributed by atoms with E-state index in [1.165, 1.54) is 11.5 Å². The van der Waals surface area contributed by atoms with Crippen LogP contribution in [0.5, 0.6) is 0 Å². The molecule has 0 saturated carbocycles. The third-order valence-electron chi connectivity index (χ3n) is 2.99. The van der Waals surface area contributed by atoms with Crippen LogP contribution >= 0.6 is 11.5 Å². The molecule has 0 fully saturated rings. The molecule has 1 heterocycles. The van der Waals surface area contributed by atoms with Crippen LogP contribution in [0.2, 0.25) is 0 Å². The number of aryl methyl sites for hydroxylation is 1. The van der Waals surface area contributed by atoms with Crippen LogP contribution in [-0.4, -0.2) is 3.96 Å². The second-order valence-electron chi connectivity index (χ2n) is 4.23. The summed E-state index contributed by atoms with van der Waals surface area (Å²) in [6, 6.07) is 13.3. The lowest BCUT2D eigenvalue weighted by Crippen LogP contribution is -2.10. The van der Waals surface area contributed by atoms with Crippen LogP contribution in [0.3, 0.4) is 0 Å². The van der Waals surface area contributed by atoms with E-state index in [0.29, 0.717) is 5.69 Å². The van der Waals surface area contributed by atoms with Crippen molar-refractivity contribution in [2.45, 2.75) is 6.92 Å². The molecule has 0 spiro atoms. The summed E-state index contributed by atoms with van der Waals surface area (Å²) in [5, 5.41) is 0.752. The summed E-state index contributed by atoms with van der Waals surface area (Å²) in [4.78, 5) is 12.3. The summed E-state index contributed by atoms with van der Waals surface area (Å²) in [6.07, 6.45) is 0. The van der Waals surface area contributed by atoms with Crippen molar-refractivity contribution in [1.29, 1.82) is 0 Å². The first-order chi connectivity index (χ1) is 8.66. The van der Waals surface area contributed by atoms with Crippen LogP contribution in [0.25, 0.3) is 15.8 Å². The third kappa shape index (κ3) is 1.62. The zero-order valence-corrected chi connectivity index (χ0v) is 10.7. The molecule has 2 aromatic carbocycles. The molecule has 90 valence electrons. The lowest BCUT2D eigenvalue weighted by molar-refractivity contribution is 1.14.